The highest BCUT2D eigenvalue weighted by molar-refractivity contribution is 14.2. The SMILES string of the molecule is CC(C)C(=O)CC(C(=O)NCCCN(C)C)N(C)C(=O)CCCCCSI. The summed E-state index contributed by atoms with van der Waals surface area (Å²) in [5, 5.41) is 2.89. The minimum absolute atomic E-state index is 0.00200. The van der Waals surface area contributed by atoms with Gasteiger partial charge in [0.15, 0.2) is 0 Å². The normalized spacial score (nSPS) is 12.3. The molecule has 6 nitrogen and oxygen atoms in total. The number of Topliss-reactive ketones (excluding diaryl/α,β-unsaturated/α-hetero) is 1. The van der Waals surface area contributed by atoms with E-state index >= 15 is 0 Å². The number of nitrogens with zero attached hydrogens (tertiary/aromatic N) is 2. The number of amides is 2. The van der Waals surface area contributed by atoms with Crippen LogP contribution in [0.3, 0.4) is 0 Å². The summed E-state index contributed by atoms with van der Waals surface area (Å²) in [7, 11) is 7.38. The minimum Gasteiger partial charge on any atom is -0.354 e. The van der Waals surface area contributed by atoms with Crippen LogP contribution in [-0.4, -0.2) is 73.4 Å². The molecular formula is C19H36IN3O3S. The van der Waals surface area contributed by atoms with Crippen molar-refractivity contribution in [2.45, 2.75) is 58.4 Å². The molecule has 0 heterocycles. The summed E-state index contributed by atoms with van der Waals surface area (Å²) in [6.07, 6.45) is 4.23. The second-order valence-electron chi connectivity index (χ2n) is 7.42. The molecule has 0 spiro atoms. The van der Waals surface area contributed by atoms with Crippen LogP contribution in [0.4, 0.5) is 0 Å². The number of unbranched alkanes of at least 4 members (excludes halogenated alkanes) is 2. The van der Waals surface area contributed by atoms with Gasteiger partial charge in [-0.1, -0.05) is 29.2 Å². The molecule has 8 heteroatoms. The van der Waals surface area contributed by atoms with E-state index in [9.17, 15) is 14.4 Å². The van der Waals surface area contributed by atoms with Gasteiger partial charge in [-0.15, -0.1) is 0 Å². The van der Waals surface area contributed by atoms with Gasteiger partial charge < -0.3 is 15.1 Å². The monoisotopic (exact) mass is 513 g/mol. The van der Waals surface area contributed by atoms with Gasteiger partial charge >= 0.3 is 0 Å². The number of ketones is 1. The molecule has 158 valence electrons. The van der Waals surface area contributed by atoms with E-state index in [-0.39, 0.29) is 29.9 Å². The van der Waals surface area contributed by atoms with Gasteiger partial charge in [0.25, 0.3) is 0 Å². The molecule has 27 heavy (non-hydrogen) atoms. The third-order valence-electron chi connectivity index (χ3n) is 4.40. The van der Waals surface area contributed by atoms with Gasteiger partial charge in [-0.2, -0.15) is 0 Å². The first-order chi connectivity index (χ1) is 12.7. The molecule has 0 aromatic rings. The lowest BCUT2D eigenvalue weighted by atomic mass is 9.99. The zero-order valence-corrected chi connectivity index (χ0v) is 20.4. The molecule has 0 aliphatic heterocycles. The number of carbonyl (C=O) groups excluding carboxylic acids is 3. The highest BCUT2D eigenvalue weighted by Crippen LogP contribution is 2.15. The van der Waals surface area contributed by atoms with Crippen LogP contribution >= 0.6 is 30.1 Å². The van der Waals surface area contributed by atoms with Crippen LogP contribution in [0.1, 0.15) is 52.4 Å². The average Bonchev–Trinajstić information content (AvgIpc) is 2.61. The van der Waals surface area contributed by atoms with Gasteiger partial charge in [0.1, 0.15) is 11.8 Å². The summed E-state index contributed by atoms with van der Waals surface area (Å²) < 4.78 is 0. The standard InChI is InChI=1S/C19H36IN3O3S/c1-15(2)17(24)14-16(19(26)21-11-9-12-22(3)4)23(5)18(25)10-7-6-8-13-27-20/h15-16H,6-14H2,1-5H3,(H,21,26). The fraction of sp³-hybridized carbons (Fsp3) is 0.842. The first-order valence-corrected chi connectivity index (χ1v) is 13.2. The molecule has 0 fully saturated rings. The van der Waals surface area contributed by atoms with Crippen LogP contribution in [0.2, 0.25) is 0 Å². The van der Waals surface area contributed by atoms with E-state index < -0.39 is 6.04 Å². The number of rotatable bonds is 15. The summed E-state index contributed by atoms with van der Waals surface area (Å²) in [6.45, 7) is 5.06. The number of nitrogens with one attached hydrogen (secondary N) is 1. The van der Waals surface area contributed by atoms with E-state index in [4.69, 9.17) is 0 Å². The lowest BCUT2D eigenvalue weighted by Crippen LogP contribution is -2.49. The molecule has 1 N–H and O–H groups in total. The highest BCUT2D eigenvalue weighted by atomic mass is 127. The molecular weight excluding hydrogens is 477 g/mol. The fourth-order valence-electron chi connectivity index (χ4n) is 2.52. The van der Waals surface area contributed by atoms with Gasteiger partial charge in [-0.3, -0.25) is 14.4 Å². The van der Waals surface area contributed by atoms with Gasteiger partial charge in [-0.05, 0) is 61.1 Å². The van der Waals surface area contributed by atoms with Crippen LogP contribution in [0.5, 0.6) is 0 Å². The maximum atomic E-state index is 12.6. The van der Waals surface area contributed by atoms with E-state index in [1.807, 2.05) is 27.9 Å². The predicted molar refractivity (Wildman–Crippen MR) is 122 cm³/mol. The highest BCUT2D eigenvalue weighted by Gasteiger charge is 2.29. The van der Waals surface area contributed by atoms with E-state index in [1.54, 1.807) is 16.0 Å². The second-order valence-corrected chi connectivity index (χ2v) is 9.91. The summed E-state index contributed by atoms with van der Waals surface area (Å²) >= 11 is 2.27. The zero-order chi connectivity index (χ0) is 20.8. The van der Waals surface area contributed by atoms with E-state index in [0.717, 1.165) is 38.0 Å². The van der Waals surface area contributed by atoms with Crippen molar-refractivity contribution < 1.29 is 14.4 Å². The van der Waals surface area contributed by atoms with Crippen LogP contribution in [0.25, 0.3) is 0 Å². The van der Waals surface area contributed by atoms with Gasteiger partial charge in [0, 0.05) is 38.1 Å². The van der Waals surface area contributed by atoms with Gasteiger partial charge in [-0.25, -0.2) is 0 Å². The van der Waals surface area contributed by atoms with Crippen molar-refractivity contribution in [3.63, 3.8) is 0 Å². The maximum absolute atomic E-state index is 12.6. The lowest BCUT2D eigenvalue weighted by Gasteiger charge is -2.27. The van der Waals surface area contributed by atoms with Crippen LogP contribution < -0.4 is 5.32 Å². The summed E-state index contributed by atoms with van der Waals surface area (Å²) in [6, 6.07) is -0.725. The zero-order valence-electron chi connectivity index (χ0n) is 17.4. The first kappa shape index (κ1) is 26.6. The average molecular weight is 513 g/mol. The summed E-state index contributed by atoms with van der Waals surface area (Å²) in [5.74, 6) is 0.637. The molecule has 0 radical (unpaired) electrons. The topological polar surface area (TPSA) is 69.7 Å². The largest absolute Gasteiger partial charge is 0.354 e. The Bertz CT molecular complexity index is 461. The van der Waals surface area contributed by atoms with E-state index in [0.29, 0.717) is 13.0 Å². The Kier molecular flexibility index (Phi) is 15.4. The lowest BCUT2D eigenvalue weighted by molar-refractivity contribution is -0.141. The van der Waals surface area contributed by atoms with Crippen molar-refractivity contribution in [1.29, 1.82) is 0 Å². The van der Waals surface area contributed by atoms with Crippen molar-refractivity contribution in [1.82, 2.24) is 15.1 Å². The van der Waals surface area contributed by atoms with Crippen LogP contribution in [0.15, 0.2) is 0 Å². The first-order valence-electron chi connectivity index (χ1n) is 9.65. The molecule has 1 atom stereocenters. The Morgan fingerprint density at radius 3 is 2.26 bits per heavy atom. The Balaban J connectivity index is 4.73. The van der Waals surface area contributed by atoms with Crippen molar-refractivity contribution in [3.8, 4) is 0 Å². The quantitative estimate of drug-likeness (QED) is 0.269. The van der Waals surface area contributed by atoms with Gasteiger partial charge in [0.2, 0.25) is 11.8 Å². The number of likely N-dealkylation sites (N-methyl/N-ethyl adjacent to an activating group) is 1. The minimum atomic E-state index is -0.725. The third kappa shape index (κ3) is 12.7. The molecule has 0 rings (SSSR count). The molecule has 0 aromatic heterocycles. The molecule has 1 unspecified atom stereocenters. The molecule has 0 bridgehead atoms. The molecule has 2 amide bonds. The number of halogens is 1. The maximum Gasteiger partial charge on any atom is 0.243 e. The number of hydrogen-bond donors (Lipinski definition) is 1. The van der Waals surface area contributed by atoms with Crippen molar-refractivity contribution >= 4 is 47.7 Å². The summed E-state index contributed by atoms with van der Waals surface area (Å²) in [5.41, 5.74) is 0. The Morgan fingerprint density at radius 1 is 1.04 bits per heavy atom. The van der Waals surface area contributed by atoms with Gasteiger partial charge in [0.05, 0.1) is 0 Å². The predicted octanol–water partition coefficient (Wildman–Crippen LogP) is 3.14. The Hall–Kier alpha value is -0.350. The van der Waals surface area contributed by atoms with Crippen molar-refractivity contribution in [3.05, 3.63) is 0 Å². The Labute approximate surface area is 181 Å². The van der Waals surface area contributed by atoms with Crippen LogP contribution in [0, 0.1) is 5.92 Å². The Morgan fingerprint density at radius 2 is 1.70 bits per heavy atom. The molecule has 0 saturated carbocycles. The number of hydrogen-bond acceptors (Lipinski definition) is 5. The number of carbonyl (C=O) groups is 3. The van der Waals surface area contributed by atoms with Crippen molar-refractivity contribution in [2.24, 2.45) is 5.92 Å². The van der Waals surface area contributed by atoms with Crippen molar-refractivity contribution in [2.75, 3.05) is 40.0 Å². The molecule has 0 aliphatic rings. The molecule has 0 aromatic carbocycles. The fourth-order valence-corrected chi connectivity index (χ4v) is 3.76. The second kappa shape index (κ2) is 15.6. The van der Waals surface area contributed by atoms with Crippen LogP contribution in [-0.2, 0) is 14.4 Å². The third-order valence-corrected chi connectivity index (χ3v) is 6.16. The van der Waals surface area contributed by atoms with E-state index in [1.165, 1.54) is 4.90 Å². The summed E-state index contributed by atoms with van der Waals surface area (Å²) in [4.78, 5) is 40.9. The molecule has 0 aliphatic carbocycles. The van der Waals surface area contributed by atoms with E-state index in [2.05, 4.69) is 31.4 Å². The smallest absolute Gasteiger partial charge is 0.243 e. The molecule has 0 saturated heterocycles.